The molecule has 1 aromatic carbocycles. The first kappa shape index (κ1) is 19.3. The van der Waals surface area contributed by atoms with Crippen LogP contribution in [0.25, 0.3) is 0 Å². The van der Waals surface area contributed by atoms with Crippen LogP contribution in [0.15, 0.2) is 54.9 Å². The zero-order valence-electron chi connectivity index (χ0n) is 14.8. The smallest absolute Gasteiger partial charge is 0.347 e. The highest BCUT2D eigenvalue weighted by Crippen LogP contribution is 2.35. The van der Waals surface area contributed by atoms with Gasteiger partial charge in [-0.3, -0.25) is 9.78 Å². The molecule has 2 heterocycles. The van der Waals surface area contributed by atoms with Gasteiger partial charge < -0.3 is 10.6 Å². The van der Waals surface area contributed by atoms with Crippen molar-refractivity contribution in [1.82, 2.24) is 20.3 Å². The van der Waals surface area contributed by atoms with E-state index in [2.05, 4.69) is 25.6 Å². The van der Waals surface area contributed by atoms with Gasteiger partial charge in [-0.05, 0) is 36.8 Å². The molecule has 0 aliphatic carbocycles. The number of pyridine rings is 1. The van der Waals surface area contributed by atoms with Gasteiger partial charge in [0.05, 0.1) is 11.3 Å². The highest BCUT2D eigenvalue weighted by atomic mass is 19.4. The van der Waals surface area contributed by atoms with E-state index in [4.69, 9.17) is 0 Å². The van der Waals surface area contributed by atoms with E-state index in [1.54, 1.807) is 31.5 Å². The number of alkyl halides is 3. The molecule has 0 aliphatic rings. The van der Waals surface area contributed by atoms with E-state index in [1.165, 1.54) is 24.3 Å². The number of aryl methyl sites for hydroxylation is 1. The lowest BCUT2D eigenvalue weighted by molar-refractivity contribution is -0.136. The fourth-order valence-corrected chi connectivity index (χ4v) is 2.50. The third kappa shape index (κ3) is 4.81. The first-order chi connectivity index (χ1) is 13.3. The summed E-state index contributed by atoms with van der Waals surface area (Å²) >= 11 is 0. The number of para-hydroxylation sites is 1. The SMILES string of the molecule is Cc1nc(Nc2ccccc2C(F)(F)F)cc(C(=O)NCc2ccncc2)n1. The summed E-state index contributed by atoms with van der Waals surface area (Å²) in [4.78, 5) is 24.4. The lowest BCUT2D eigenvalue weighted by Gasteiger charge is -2.14. The molecule has 0 unspecified atom stereocenters. The van der Waals surface area contributed by atoms with E-state index < -0.39 is 17.6 Å². The van der Waals surface area contributed by atoms with Crippen molar-refractivity contribution in [2.75, 3.05) is 5.32 Å². The lowest BCUT2D eigenvalue weighted by atomic mass is 10.1. The second-order valence-electron chi connectivity index (χ2n) is 5.89. The van der Waals surface area contributed by atoms with E-state index in [0.717, 1.165) is 11.6 Å². The normalized spacial score (nSPS) is 11.1. The second kappa shape index (κ2) is 8.03. The third-order valence-corrected chi connectivity index (χ3v) is 3.77. The van der Waals surface area contributed by atoms with Gasteiger partial charge in [0.2, 0.25) is 0 Å². The van der Waals surface area contributed by atoms with Crippen molar-refractivity contribution in [1.29, 1.82) is 0 Å². The number of halogens is 3. The maximum atomic E-state index is 13.2. The van der Waals surface area contributed by atoms with Gasteiger partial charge >= 0.3 is 6.18 Å². The van der Waals surface area contributed by atoms with Crippen LogP contribution in [0.3, 0.4) is 0 Å². The first-order valence-corrected chi connectivity index (χ1v) is 8.29. The van der Waals surface area contributed by atoms with Crippen LogP contribution in [0.5, 0.6) is 0 Å². The number of carbonyl (C=O) groups is 1. The number of amides is 1. The fourth-order valence-electron chi connectivity index (χ4n) is 2.50. The average Bonchev–Trinajstić information content (AvgIpc) is 2.66. The molecule has 9 heteroatoms. The van der Waals surface area contributed by atoms with Crippen LogP contribution < -0.4 is 10.6 Å². The maximum absolute atomic E-state index is 13.2. The molecule has 2 aromatic heterocycles. The molecule has 3 aromatic rings. The summed E-state index contributed by atoms with van der Waals surface area (Å²) in [5.41, 5.74) is -0.0775. The minimum absolute atomic E-state index is 0.0496. The molecule has 0 aliphatic heterocycles. The Morgan fingerprint density at radius 1 is 1.07 bits per heavy atom. The first-order valence-electron chi connectivity index (χ1n) is 8.29. The number of aromatic nitrogens is 3. The number of hydrogen-bond donors (Lipinski definition) is 2. The van der Waals surface area contributed by atoms with Crippen LogP contribution in [0.4, 0.5) is 24.7 Å². The Labute approximate surface area is 158 Å². The van der Waals surface area contributed by atoms with Gasteiger partial charge in [-0.1, -0.05) is 12.1 Å². The molecule has 6 nitrogen and oxygen atoms in total. The van der Waals surface area contributed by atoms with Crippen LogP contribution in [-0.2, 0) is 12.7 Å². The van der Waals surface area contributed by atoms with Crippen molar-refractivity contribution < 1.29 is 18.0 Å². The van der Waals surface area contributed by atoms with Crippen LogP contribution in [0, 0.1) is 6.92 Å². The molecule has 0 radical (unpaired) electrons. The number of anilines is 2. The molecule has 0 bridgehead atoms. The quantitative estimate of drug-likeness (QED) is 0.695. The van der Waals surface area contributed by atoms with Gasteiger partial charge in [-0.25, -0.2) is 9.97 Å². The molecule has 0 saturated heterocycles. The van der Waals surface area contributed by atoms with Crippen molar-refractivity contribution in [3.05, 3.63) is 77.5 Å². The van der Waals surface area contributed by atoms with Gasteiger partial charge in [0.25, 0.3) is 5.91 Å². The predicted molar refractivity (Wildman–Crippen MR) is 96.9 cm³/mol. The number of nitrogens with one attached hydrogen (secondary N) is 2. The number of nitrogens with zero attached hydrogens (tertiary/aromatic N) is 3. The Morgan fingerprint density at radius 2 is 1.79 bits per heavy atom. The summed E-state index contributed by atoms with van der Waals surface area (Å²) in [6.45, 7) is 1.82. The maximum Gasteiger partial charge on any atom is 0.418 e. The molecule has 1 amide bonds. The Hall–Kier alpha value is -3.49. The van der Waals surface area contributed by atoms with Crippen LogP contribution in [0.1, 0.15) is 27.4 Å². The van der Waals surface area contributed by atoms with Crippen LogP contribution in [-0.4, -0.2) is 20.9 Å². The molecule has 3 rings (SSSR count). The molecular weight excluding hydrogens is 371 g/mol. The van der Waals surface area contributed by atoms with Crippen LogP contribution in [0.2, 0.25) is 0 Å². The standard InChI is InChI=1S/C19H16F3N5O/c1-12-25-16(18(28)24-11-13-6-8-23-9-7-13)10-17(26-12)27-15-5-3-2-4-14(15)19(20,21)22/h2-10H,11H2,1H3,(H,24,28)(H,25,26,27). The van der Waals surface area contributed by atoms with E-state index in [9.17, 15) is 18.0 Å². The molecular formula is C19H16F3N5O. The largest absolute Gasteiger partial charge is 0.418 e. The van der Waals surface area contributed by atoms with Gasteiger partial charge in [0.1, 0.15) is 17.3 Å². The third-order valence-electron chi connectivity index (χ3n) is 3.77. The van der Waals surface area contributed by atoms with E-state index >= 15 is 0 Å². The minimum atomic E-state index is -4.52. The second-order valence-corrected chi connectivity index (χ2v) is 5.89. The summed E-state index contributed by atoms with van der Waals surface area (Å²) in [5, 5.41) is 5.33. The topological polar surface area (TPSA) is 79.8 Å². The Bertz CT molecular complexity index is 977. The minimum Gasteiger partial charge on any atom is -0.347 e. The Morgan fingerprint density at radius 3 is 2.50 bits per heavy atom. The van der Waals surface area contributed by atoms with Gasteiger partial charge in [0, 0.05) is 25.0 Å². The van der Waals surface area contributed by atoms with Crippen molar-refractivity contribution in [3.63, 3.8) is 0 Å². The summed E-state index contributed by atoms with van der Waals surface area (Å²) in [6.07, 6.45) is -1.30. The average molecular weight is 387 g/mol. The molecule has 144 valence electrons. The van der Waals surface area contributed by atoms with Gasteiger partial charge in [-0.2, -0.15) is 13.2 Å². The van der Waals surface area contributed by atoms with E-state index in [-0.39, 0.29) is 29.6 Å². The number of rotatable bonds is 5. The molecule has 28 heavy (non-hydrogen) atoms. The van der Waals surface area contributed by atoms with Crippen molar-refractivity contribution >= 4 is 17.4 Å². The van der Waals surface area contributed by atoms with Gasteiger partial charge in [0.15, 0.2) is 0 Å². The van der Waals surface area contributed by atoms with Crippen molar-refractivity contribution in [3.8, 4) is 0 Å². The summed E-state index contributed by atoms with van der Waals surface area (Å²) in [7, 11) is 0. The van der Waals surface area contributed by atoms with E-state index in [0.29, 0.717) is 0 Å². The molecule has 0 fully saturated rings. The van der Waals surface area contributed by atoms with E-state index in [1.807, 2.05) is 0 Å². The Balaban J connectivity index is 1.80. The summed E-state index contributed by atoms with van der Waals surface area (Å²) in [6, 6.07) is 9.87. The van der Waals surface area contributed by atoms with Crippen molar-refractivity contribution in [2.45, 2.75) is 19.6 Å². The highest BCUT2D eigenvalue weighted by Gasteiger charge is 2.33. The fraction of sp³-hybridized carbons (Fsp3) is 0.158. The highest BCUT2D eigenvalue weighted by molar-refractivity contribution is 5.93. The van der Waals surface area contributed by atoms with Crippen LogP contribution >= 0.6 is 0 Å². The summed E-state index contributed by atoms with van der Waals surface area (Å²) < 4.78 is 39.5. The molecule has 0 spiro atoms. The monoisotopic (exact) mass is 387 g/mol. The number of benzene rings is 1. The van der Waals surface area contributed by atoms with Gasteiger partial charge in [-0.15, -0.1) is 0 Å². The Kier molecular flexibility index (Phi) is 5.53. The molecule has 2 N–H and O–H groups in total. The predicted octanol–water partition coefficient (Wildman–Crippen LogP) is 3.87. The molecule has 0 saturated carbocycles. The number of hydrogen-bond acceptors (Lipinski definition) is 5. The number of carbonyl (C=O) groups excluding carboxylic acids is 1. The zero-order valence-corrected chi connectivity index (χ0v) is 14.8. The zero-order chi connectivity index (χ0) is 20.1. The van der Waals surface area contributed by atoms with Crippen molar-refractivity contribution in [2.24, 2.45) is 0 Å². The molecule has 0 atom stereocenters. The lowest BCUT2D eigenvalue weighted by Crippen LogP contribution is -2.24. The summed E-state index contributed by atoms with van der Waals surface area (Å²) in [5.74, 6) is -0.115.